The molecule has 0 fully saturated rings. The van der Waals surface area contributed by atoms with Crippen molar-refractivity contribution in [3.63, 3.8) is 0 Å². The van der Waals surface area contributed by atoms with E-state index in [-0.39, 0.29) is 10.8 Å². The normalized spacial score (nSPS) is 11.8. The lowest BCUT2D eigenvalue weighted by Gasteiger charge is -2.14. The molecule has 2 N–H and O–H groups in total. The summed E-state index contributed by atoms with van der Waals surface area (Å²) in [5.74, 6) is -1.39. The predicted molar refractivity (Wildman–Crippen MR) is 104 cm³/mol. The van der Waals surface area contributed by atoms with Gasteiger partial charge < -0.3 is 10.1 Å². The molecule has 0 bridgehead atoms. The number of ether oxygens (including phenoxy) is 1. The van der Waals surface area contributed by atoms with Crippen molar-refractivity contribution in [2.75, 3.05) is 5.32 Å². The first-order valence-electron chi connectivity index (χ1n) is 8.33. The Kier molecular flexibility index (Phi) is 5.60. The first-order chi connectivity index (χ1) is 13.3. The minimum atomic E-state index is -1.11. The minimum Gasteiger partial charge on any atom is -0.451 e. The fourth-order valence-electron chi connectivity index (χ4n) is 2.55. The first-order valence-corrected chi connectivity index (χ1v) is 8.71. The van der Waals surface area contributed by atoms with Crippen molar-refractivity contribution in [2.45, 2.75) is 19.6 Å². The summed E-state index contributed by atoms with van der Waals surface area (Å²) in [5, 5.41) is 5.85. The number of rotatable bonds is 5. The van der Waals surface area contributed by atoms with Gasteiger partial charge in [0.05, 0.1) is 10.8 Å². The van der Waals surface area contributed by atoms with Crippen molar-refractivity contribution in [3.8, 4) is 0 Å². The number of nitrogens with one attached hydrogen (secondary N) is 2. The van der Waals surface area contributed by atoms with Crippen molar-refractivity contribution in [2.24, 2.45) is 0 Å². The van der Waals surface area contributed by atoms with Crippen LogP contribution in [0.5, 0.6) is 0 Å². The fraction of sp³-hybridized carbons (Fsp3) is 0.158. The summed E-state index contributed by atoms with van der Waals surface area (Å²) in [6, 6.07) is 12.7. The van der Waals surface area contributed by atoms with Gasteiger partial charge in [-0.3, -0.25) is 24.3 Å². The van der Waals surface area contributed by atoms with Crippen LogP contribution in [0.1, 0.15) is 6.92 Å². The number of H-pyrrole nitrogens is 1. The molecular formula is C19H16ClN3O5. The van der Waals surface area contributed by atoms with Gasteiger partial charge in [-0.05, 0) is 43.3 Å². The third-order valence-electron chi connectivity index (χ3n) is 3.96. The third-order valence-corrected chi connectivity index (χ3v) is 4.21. The molecule has 1 aromatic heterocycles. The summed E-state index contributed by atoms with van der Waals surface area (Å²) in [6.45, 7) is 0.868. The number of nitrogens with zero attached hydrogens (tertiary/aromatic N) is 1. The van der Waals surface area contributed by atoms with E-state index in [2.05, 4.69) is 10.4 Å². The van der Waals surface area contributed by atoms with Gasteiger partial charge >= 0.3 is 5.97 Å². The van der Waals surface area contributed by atoms with Crippen LogP contribution >= 0.6 is 11.6 Å². The van der Waals surface area contributed by atoms with Gasteiger partial charge in [0, 0.05) is 10.7 Å². The Balaban J connectivity index is 1.68. The molecular weight excluding hydrogens is 386 g/mol. The molecule has 3 aromatic rings. The van der Waals surface area contributed by atoms with Crippen LogP contribution in [0.3, 0.4) is 0 Å². The van der Waals surface area contributed by atoms with Gasteiger partial charge in [-0.25, -0.2) is 4.68 Å². The number of amides is 1. The van der Waals surface area contributed by atoms with Gasteiger partial charge in [-0.1, -0.05) is 23.7 Å². The largest absolute Gasteiger partial charge is 0.451 e. The molecule has 0 spiro atoms. The zero-order chi connectivity index (χ0) is 20.3. The Morgan fingerprint density at radius 2 is 1.75 bits per heavy atom. The first kappa shape index (κ1) is 19.4. The highest BCUT2D eigenvalue weighted by molar-refractivity contribution is 6.30. The van der Waals surface area contributed by atoms with E-state index in [1.807, 2.05) is 0 Å². The van der Waals surface area contributed by atoms with Crippen molar-refractivity contribution >= 4 is 39.9 Å². The van der Waals surface area contributed by atoms with Crippen LogP contribution in [-0.4, -0.2) is 27.8 Å². The maximum absolute atomic E-state index is 12.4. The lowest BCUT2D eigenvalue weighted by Crippen LogP contribution is -2.35. The standard InChI is InChI=1S/C19H16ClN3O5/c1-11(17(25)21-13-8-6-12(20)7-9-13)28-16(24)10-23-19(27)15-5-3-2-4-14(15)18(26)22-23/h2-9,11H,10H2,1H3,(H,21,25)(H,22,26)/t11-/m0/s1. The lowest BCUT2D eigenvalue weighted by molar-refractivity contribution is -0.154. The molecule has 3 rings (SSSR count). The van der Waals surface area contributed by atoms with E-state index in [0.717, 1.165) is 4.68 Å². The second kappa shape index (κ2) is 8.10. The molecule has 8 nitrogen and oxygen atoms in total. The maximum atomic E-state index is 12.4. The van der Waals surface area contributed by atoms with Crippen LogP contribution in [0, 0.1) is 0 Å². The van der Waals surface area contributed by atoms with Gasteiger partial charge in [0.2, 0.25) is 0 Å². The summed E-state index contributed by atoms with van der Waals surface area (Å²) in [6.07, 6.45) is -1.11. The van der Waals surface area contributed by atoms with Gasteiger partial charge in [0.1, 0.15) is 6.54 Å². The van der Waals surface area contributed by atoms with Crippen LogP contribution in [0.25, 0.3) is 10.8 Å². The number of aromatic nitrogens is 2. The van der Waals surface area contributed by atoms with Crippen molar-refractivity contribution in [1.29, 1.82) is 0 Å². The molecule has 1 atom stereocenters. The number of hydrogen-bond donors (Lipinski definition) is 2. The zero-order valence-corrected chi connectivity index (χ0v) is 15.5. The van der Waals surface area contributed by atoms with Crippen molar-refractivity contribution in [3.05, 3.63) is 74.3 Å². The van der Waals surface area contributed by atoms with Gasteiger partial charge in [-0.15, -0.1) is 0 Å². The quantitative estimate of drug-likeness (QED) is 0.634. The molecule has 0 radical (unpaired) electrons. The second-order valence-corrected chi connectivity index (χ2v) is 6.44. The molecule has 0 saturated carbocycles. The number of esters is 1. The highest BCUT2D eigenvalue weighted by Gasteiger charge is 2.19. The van der Waals surface area contributed by atoms with Crippen molar-refractivity contribution in [1.82, 2.24) is 9.78 Å². The van der Waals surface area contributed by atoms with Crippen LogP contribution in [0.4, 0.5) is 5.69 Å². The Morgan fingerprint density at radius 3 is 2.43 bits per heavy atom. The molecule has 0 unspecified atom stereocenters. The molecule has 144 valence electrons. The van der Waals surface area contributed by atoms with Gasteiger partial charge in [0.15, 0.2) is 6.10 Å². The summed E-state index contributed by atoms with van der Waals surface area (Å²) in [5.41, 5.74) is -0.547. The lowest BCUT2D eigenvalue weighted by atomic mass is 10.2. The summed E-state index contributed by atoms with van der Waals surface area (Å²) in [7, 11) is 0. The molecule has 0 aliphatic rings. The molecule has 0 saturated heterocycles. The highest BCUT2D eigenvalue weighted by Crippen LogP contribution is 2.14. The molecule has 1 heterocycles. The Hall–Kier alpha value is -3.39. The number of fused-ring (bicyclic) bond motifs is 1. The highest BCUT2D eigenvalue weighted by atomic mass is 35.5. The average molecular weight is 402 g/mol. The van der Waals surface area contributed by atoms with Gasteiger partial charge in [-0.2, -0.15) is 0 Å². The van der Waals surface area contributed by atoms with Crippen LogP contribution < -0.4 is 16.4 Å². The number of halogens is 1. The number of carbonyl (C=O) groups excluding carboxylic acids is 2. The molecule has 0 aliphatic carbocycles. The maximum Gasteiger partial charge on any atom is 0.328 e. The Morgan fingerprint density at radius 1 is 1.11 bits per heavy atom. The van der Waals surface area contributed by atoms with E-state index < -0.39 is 35.6 Å². The summed E-state index contributed by atoms with van der Waals surface area (Å²) >= 11 is 5.78. The molecule has 0 aliphatic heterocycles. The fourth-order valence-corrected chi connectivity index (χ4v) is 2.68. The molecule has 9 heteroatoms. The number of aromatic amines is 1. The molecule has 2 aromatic carbocycles. The predicted octanol–water partition coefficient (Wildman–Crippen LogP) is 1.91. The number of anilines is 1. The number of benzene rings is 2. The van der Waals surface area contributed by atoms with E-state index in [4.69, 9.17) is 16.3 Å². The molecule has 1 amide bonds. The SMILES string of the molecule is C[C@H](OC(=O)Cn1[nH]c(=O)c2ccccc2c1=O)C(=O)Nc1ccc(Cl)cc1. The van der Waals surface area contributed by atoms with Crippen LogP contribution in [0.2, 0.25) is 5.02 Å². The van der Waals surface area contributed by atoms with Gasteiger partial charge in [0.25, 0.3) is 17.0 Å². The van der Waals surface area contributed by atoms with E-state index in [0.29, 0.717) is 10.7 Å². The Bertz CT molecular complexity index is 1150. The van der Waals surface area contributed by atoms with Crippen LogP contribution in [0.15, 0.2) is 58.1 Å². The Labute approximate surface area is 163 Å². The number of hydrogen-bond acceptors (Lipinski definition) is 5. The zero-order valence-electron chi connectivity index (χ0n) is 14.8. The average Bonchev–Trinajstić information content (AvgIpc) is 2.67. The van der Waals surface area contributed by atoms with E-state index >= 15 is 0 Å². The van der Waals surface area contributed by atoms with Crippen molar-refractivity contribution < 1.29 is 14.3 Å². The monoisotopic (exact) mass is 401 g/mol. The van der Waals surface area contributed by atoms with E-state index in [1.165, 1.54) is 19.1 Å². The molecule has 28 heavy (non-hydrogen) atoms. The van der Waals surface area contributed by atoms with E-state index in [9.17, 15) is 19.2 Å². The topological polar surface area (TPSA) is 110 Å². The summed E-state index contributed by atoms with van der Waals surface area (Å²) in [4.78, 5) is 48.7. The summed E-state index contributed by atoms with van der Waals surface area (Å²) < 4.78 is 5.92. The third kappa shape index (κ3) is 4.29. The number of carbonyl (C=O) groups is 2. The van der Waals surface area contributed by atoms with E-state index in [1.54, 1.807) is 36.4 Å². The minimum absolute atomic E-state index is 0.188. The van der Waals surface area contributed by atoms with Crippen LogP contribution in [-0.2, 0) is 20.9 Å². The second-order valence-electron chi connectivity index (χ2n) is 6.01. The smallest absolute Gasteiger partial charge is 0.328 e.